The van der Waals surface area contributed by atoms with Gasteiger partial charge in [-0.15, -0.1) is 0 Å². The number of hydrogen-bond donors (Lipinski definition) is 1. The second kappa shape index (κ2) is 6.69. The lowest BCUT2D eigenvalue weighted by molar-refractivity contribution is 0.0497. The van der Waals surface area contributed by atoms with Crippen molar-refractivity contribution in [3.63, 3.8) is 0 Å². The maximum absolute atomic E-state index is 11.8. The van der Waals surface area contributed by atoms with Crippen molar-refractivity contribution < 1.29 is 9.53 Å². The van der Waals surface area contributed by atoms with Gasteiger partial charge in [-0.05, 0) is 61.7 Å². The average Bonchev–Trinajstić information content (AvgIpc) is 2.38. The Balaban J connectivity index is 1.84. The molecule has 1 aliphatic heterocycles. The smallest absolute Gasteiger partial charge is 0.407 e. The van der Waals surface area contributed by atoms with Crippen LogP contribution >= 0.6 is 15.9 Å². The number of benzene rings is 1. The summed E-state index contributed by atoms with van der Waals surface area (Å²) in [4.78, 5) is 14.1. The normalized spacial score (nSPS) is 16.7. The van der Waals surface area contributed by atoms with Gasteiger partial charge in [0.15, 0.2) is 0 Å². The highest BCUT2D eigenvalue weighted by molar-refractivity contribution is 9.10. The summed E-state index contributed by atoms with van der Waals surface area (Å²) < 4.78 is 6.41. The number of ether oxygens (including phenoxy) is 1. The van der Waals surface area contributed by atoms with E-state index < -0.39 is 5.60 Å². The van der Waals surface area contributed by atoms with E-state index in [4.69, 9.17) is 4.74 Å². The van der Waals surface area contributed by atoms with Crippen molar-refractivity contribution in [2.45, 2.75) is 45.3 Å². The number of amides is 1. The van der Waals surface area contributed by atoms with Gasteiger partial charge in [-0.3, -0.25) is 0 Å². The molecule has 0 bridgehead atoms. The Bertz CT molecular complexity index is 491. The zero-order valence-corrected chi connectivity index (χ0v) is 14.4. The zero-order valence-electron chi connectivity index (χ0n) is 12.9. The third kappa shape index (κ3) is 4.92. The summed E-state index contributed by atoms with van der Waals surface area (Å²) in [7, 11) is 0. The SMILES string of the molecule is CC(C)(C)OC(=O)NC1CCN(c2ccccc2Br)CC1. The van der Waals surface area contributed by atoms with Crippen LogP contribution in [0.1, 0.15) is 33.6 Å². The minimum atomic E-state index is -0.445. The monoisotopic (exact) mass is 354 g/mol. The lowest BCUT2D eigenvalue weighted by Crippen LogP contribution is -2.46. The van der Waals surface area contributed by atoms with Crippen molar-refractivity contribution >= 4 is 27.7 Å². The number of carbonyl (C=O) groups is 1. The number of alkyl carbamates (subject to hydrolysis) is 1. The highest BCUT2D eigenvalue weighted by Crippen LogP contribution is 2.28. The number of nitrogens with one attached hydrogen (secondary N) is 1. The summed E-state index contributed by atoms with van der Waals surface area (Å²) in [6, 6.07) is 8.43. The molecule has 5 heteroatoms. The van der Waals surface area contributed by atoms with Crippen LogP contribution in [-0.4, -0.2) is 30.8 Å². The topological polar surface area (TPSA) is 41.6 Å². The van der Waals surface area contributed by atoms with E-state index in [0.717, 1.165) is 30.4 Å². The average molecular weight is 355 g/mol. The van der Waals surface area contributed by atoms with Crippen LogP contribution in [0.5, 0.6) is 0 Å². The number of rotatable bonds is 2. The Morgan fingerprint density at radius 3 is 2.48 bits per heavy atom. The summed E-state index contributed by atoms with van der Waals surface area (Å²) in [6.45, 7) is 7.50. The molecule has 0 unspecified atom stereocenters. The zero-order chi connectivity index (χ0) is 15.5. The van der Waals surface area contributed by atoms with Crippen LogP contribution in [0, 0.1) is 0 Å². The number of anilines is 1. The Morgan fingerprint density at radius 1 is 1.29 bits per heavy atom. The quantitative estimate of drug-likeness (QED) is 0.874. The first-order chi connectivity index (χ1) is 9.85. The molecule has 0 atom stereocenters. The number of hydrogen-bond acceptors (Lipinski definition) is 3. The van der Waals surface area contributed by atoms with Gasteiger partial charge in [0.2, 0.25) is 0 Å². The van der Waals surface area contributed by atoms with Gasteiger partial charge in [-0.25, -0.2) is 4.79 Å². The van der Waals surface area contributed by atoms with Crippen LogP contribution in [0.4, 0.5) is 10.5 Å². The molecule has 0 aliphatic carbocycles. The predicted octanol–water partition coefficient (Wildman–Crippen LogP) is 3.94. The first-order valence-corrected chi connectivity index (χ1v) is 8.13. The van der Waals surface area contributed by atoms with Gasteiger partial charge in [0.1, 0.15) is 5.60 Å². The van der Waals surface area contributed by atoms with E-state index in [1.807, 2.05) is 32.9 Å². The molecule has 4 nitrogen and oxygen atoms in total. The molecule has 116 valence electrons. The number of nitrogens with zero attached hydrogens (tertiary/aromatic N) is 1. The van der Waals surface area contributed by atoms with E-state index in [9.17, 15) is 4.79 Å². The van der Waals surface area contributed by atoms with E-state index in [1.165, 1.54) is 5.69 Å². The molecule has 21 heavy (non-hydrogen) atoms. The molecule has 1 aromatic carbocycles. The van der Waals surface area contributed by atoms with Crippen LogP contribution < -0.4 is 10.2 Å². The standard InChI is InChI=1S/C16H23BrN2O2/c1-16(2,3)21-15(20)18-12-8-10-19(11-9-12)14-7-5-4-6-13(14)17/h4-7,12H,8-11H2,1-3H3,(H,18,20). The fourth-order valence-corrected chi connectivity index (χ4v) is 2.98. The fraction of sp³-hybridized carbons (Fsp3) is 0.562. The predicted molar refractivity (Wildman–Crippen MR) is 88.7 cm³/mol. The summed E-state index contributed by atoms with van der Waals surface area (Å²) in [5.74, 6) is 0. The molecule has 1 N–H and O–H groups in total. The molecular weight excluding hydrogens is 332 g/mol. The lowest BCUT2D eigenvalue weighted by atomic mass is 10.0. The van der Waals surface area contributed by atoms with Gasteiger partial charge in [0.05, 0.1) is 5.69 Å². The van der Waals surface area contributed by atoms with E-state index >= 15 is 0 Å². The summed E-state index contributed by atoms with van der Waals surface area (Å²) in [5.41, 5.74) is 0.771. The highest BCUT2D eigenvalue weighted by atomic mass is 79.9. The first kappa shape index (κ1) is 16.1. The molecule has 0 spiro atoms. The van der Waals surface area contributed by atoms with Crippen LogP contribution in [0.15, 0.2) is 28.7 Å². The molecule has 1 fully saturated rings. The minimum Gasteiger partial charge on any atom is -0.444 e. The van der Waals surface area contributed by atoms with Gasteiger partial charge in [0, 0.05) is 23.6 Å². The summed E-state index contributed by atoms with van der Waals surface area (Å²) in [6.07, 6.45) is 1.54. The molecule has 1 aromatic rings. The molecular formula is C16H23BrN2O2. The number of piperidine rings is 1. The molecule has 0 radical (unpaired) electrons. The van der Waals surface area contributed by atoms with Gasteiger partial charge in [-0.1, -0.05) is 12.1 Å². The van der Waals surface area contributed by atoms with Crippen molar-refractivity contribution in [3.05, 3.63) is 28.7 Å². The second-order valence-electron chi connectivity index (χ2n) is 6.36. The van der Waals surface area contributed by atoms with Crippen molar-refractivity contribution in [1.29, 1.82) is 0 Å². The van der Waals surface area contributed by atoms with Crippen molar-refractivity contribution in [3.8, 4) is 0 Å². The molecule has 0 aromatic heterocycles. The summed E-state index contributed by atoms with van der Waals surface area (Å²) in [5, 5.41) is 2.96. The minimum absolute atomic E-state index is 0.193. The summed E-state index contributed by atoms with van der Waals surface area (Å²) >= 11 is 3.59. The molecule has 1 amide bonds. The second-order valence-corrected chi connectivity index (χ2v) is 7.21. The Hall–Kier alpha value is -1.23. The Labute approximate surface area is 135 Å². The maximum atomic E-state index is 11.8. The number of carbonyl (C=O) groups excluding carboxylic acids is 1. The molecule has 1 saturated heterocycles. The van der Waals surface area contributed by atoms with Gasteiger partial charge >= 0.3 is 6.09 Å². The highest BCUT2D eigenvalue weighted by Gasteiger charge is 2.24. The van der Waals surface area contributed by atoms with Crippen molar-refractivity contribution in [2.24, 2.45) is 0 Å². The molecule has 1 heterocycles. The third-order valence-electron chi connectivity index (χ3n) is 3.41. The number of halogens is 1. The van der Waals surface area contributed by atoms with Crippen molar-refractivity contribution in [2.75, 3.05) is 18.0 Å². The maximum Gasteiger partial charge on any atom is 0.407 e. The Morgan fingerprint density at radius 2 is 1.90 bits per heavy atom. The van der Waals surface area contributed by atoms with E-state index in [1.54, 1.807) is 0 Å². The van der Waals surface area contributed by atoms with Crippen LogP contribution in [-0.2, 0) is 4.74 Å². The lowest BCUT2D eigenvalue weighted by Gasteiger charge is -2.34. The van der Waals surface area contributed by atoms with Crippen molar-refractivity contribution in [1.82, 2.24) is 5.32 Å². The Kier molecular flexibility index (Phi) is 5.14. The van der Waals surface area contributed by atoms with E-state index in [-0.39, 0.29) is 12.1 Å². The molecule has 1 aliphatic rings. The number of para-hydroxylation sites is 1. The van der Waals surface area contributed by atoms with Crippen LogP contribution in [0.25, 0.3) is 0 Å². The largest absolute Gasteiger partial charge is 0.444 e. The third-order valence-corrected chi connectivity index (χ3v) is 4.08. The molecule has 2 rings (SSSR count). The van der Waals surface area contributed by atoms with Gasteiger partial charge in [-0.2, -0.15) is 0 Å². The van der Waals surface area contributed by atoms with Gasteiger partial charge < -0.3 is 15.0 Å². The van der Waals surface area contributed by atoms with E-state index in [2.05, 4.69) is 38.3 Å². The molecule has 0 saturated carbocycles. The van der Waals surface area contributed by atoms with E-state index in [0.29, 0.717) is 0 Å². The van der Waals surface area contributed by atoms with Crippen LogP contribution in [0.3, 0.4) is 0 Å². The van der Waals surface area contributed by atoms with Gasteiger partial charge in [0.25, 0.3) is 0 Å². The first-order valence-electron chi connectivity index (χ1n) is 7.34. The fourth-order valence-electron chi connectivity index (χ4n) is 2.45. The van der Waals surface area contributed by atoms with Crippen LogP contribution in [0.2, 0.25) is 0 Å².